The highest BCUT2D eigenvalue weighted by Gasteiger charge is 2.14. The SMILES string of the molecule is Cc1nnc(-c2cc(N)n[nH]2)n1C(C)C. The molecule has 0 unspecified atom stereocenters. The normalized spacial score (nSPS) is 11.2. The molecular weight excluding hydrogens is 192 g/mol. The van der Waals surface area contributed by atoms with Crippen molar-refractivity contribution in [1.82, 2.24) is 25.0 Å². The van der Waals surface area contributed by atoms with Gasteiger partial charge in [-0.25, -0.2) is 0 Å². The van der Waals surface area contributed by atoms with Crippen LogP contribution >= 0.6 is 0 Å². The maximum atomic E-state index is 5.55. The molecule has 80 valence electrons. The van der Waals surface area contributed by atoms with Crippen molar-refractivity contribution in [3.63, 3.8) is 0 Å². The van der Waals surface area contributed by atoms with Crippen LogP contribution in [0.1, 0.15) is 25.7 Å². The minimum atomic E-state index is 0.305. The van der Waals surface area contributed by atoms with E-state index in [9.17, 15) is 0 Å². The molecule has 15 heavy (non-hydrogen) atoms. The first kappa shape index (κ1) is 9.70. The van der Waals surface area contributed by atoms with Gasteiger partial charge in [0.25, 0.3) is 0 Å². The molecule has 6 nitrogen and oxygen atoms in total. The van der Waals surface area contributed by atoms with E-state index < -0.39 is 0 Å². The van der Waals surface area contributed by atoms with E-state index in [2.05, 4.69) is 34.2 Å². The van der Waals surface area contributed by atoms with Gasteiger partial charge in [0.2, 0.25) is 0 Å². The van der Waals surface area contributed by atoms with Gasteiger partial charge in [0, 0.05) is 12.1 Å². The summed E-state index contributed by atoms with van der Waals surface area (Å²) >= 11 is 0. The maximum Gasteiger partial charge on any atom is 0.182 e. The van der Waals surface area contributed by atoms with Crippen LogP contribution in [0.4, 0.5) is 5.82 Å². The van der Waals surface area contributed by atoms with Gasteiger partial charge in [-0.2, -0.15) is 5.10 Å². The zero-order chi connectivity index (χ0) is 11.0. The zero-order valence-electron chi connectivity index (χ0n) is 9.02. The molecule has 0 fully saturated rings. The molecule has 6 heteroatoms. The molecule has 0 aromatic carbocycles. The van der Waals surface area contributed by atoms with Crippen LogP contribution in [-0.4, -0.2) is 25.0 Å². The Morgan fingerprint density at radius 1 is 1.40 bits per heavy atom. The summed E-state index contributed by atoms with van der Waals surface area (Å²) in [4.78, 5) is 0. The first-order valence-electron chi connectivity index (χ1n) is 4.82. The second-order valence-corrected chi connectivity index (χ2v) is 3.74. The van der Waals surface area contributed by atoms with Crippen molar-refractivity contribution in [2.45, 2.75) is 26.8 Å². The van der Waals surface area contributed by atoms with Crippen molar-refractivity contribution in [3.8, 4) is 11.5 Å². The van der Waals surface area contributed by atoms with Crippen molar-refractivity contribution >= 4 is 5.82 Å². The van der Waals surface area contributed by atoms with Gasteiger partial charge in [-0.3, -0.25) is 5.10 Å². The third-order valence-electron chi connectivity index (χ3n) is 2.22. The predicted octanol–water partition coefficient (Wildman–Crippen LogP) is 1.14. The third kappa shape index (κ3) is 1.58. The van der Waals surface area contributed by atoms with Crippen LogP contribution in [0.25, 0.3) is 11.5 Å². The molecule has 3 N–H and O–H groups in total. The van der Waals surface area contributed by atoms with Gasteiger partial charge in [0.15, 0.2) is 5.82 Å². The summed E-state index contributed by atoms with van der Waals surface area (Å²) in [5.74, 6) is 2.11. The van der Waals surface area contributed by atoms with E-state index in [4.69, 9.17) is 5.73 Å². The first-order valence-corrected chi connectivity index (χ1v) is 4.82. The third-order valence-corrected chi connectivity index (χ3v) is 2.22. The quantitative estimate of drug-likeness (QED) is 0.771. The summed E-state index contributed by atoms with van der Waals surface area (Å²) in [6.45, 7) is 6.09. The minimum absolute atomic E-state index is 0.305. The molecule has 0 aliphatic heterocycles. The average molecular weight is 206 g/mol. The Labute approximate surface area is 87.5 Å². The predicted molar refractivity (Wildman–Crippen MR) is 57.1 cm³/mol. The van der Waals surface area contributed by atoms with Crippen LogP contribution in [-0.2, 0) is 0 Å². The van der Waals surface area contributed by atoms with Gasteiger partial charge in [-0.1, -0.05) is 0 Å². The lowest BCUT2D eigenvalue weighted by molar-refractivity contribution is 0.586. The molecule has 2 aromatic rings. The van der Waals surface area contributed by atoms with Crippen LogP contribution in [0, 0.1) is 6.92 Å². The zero-order valence-corrected chi connectivity index (χ0v) is 9.02. The molecule has 0 atom stereocenters. The number of H-pyrrole nitrogens is 1. The summed E-state index contributed by atoms with van der Waals surface area (Å²) in [6.07, 6.45) is 0. The lowest BCUT2D eigenvalue weighted by atomic mass is 10.3. The minimum Gasteiger partial charge on any atom is -0.382 e. The van der Waals surface area contributed by atoms with Gasteiger partial charge in [0.05, 0.1) is 0 Å². The summed E-state index contributed by atoms with van der Waals surface area (Å²) in [7, 11) is 0. The number of aromatic amines is 1. The van der Waals surface area contributed by atoms with Gasteiger partial charge in [-0.15, -0.1) is 10.2 Å². The molecule has 0 amide bonds. The molecule has 0 aliphatic rings. The highest BCUT2D eigenvalue weighted by Crippen LogP contribution is 2.21. The number of rotatable bonds is 2. The van der Waals surface area contributed by atoms with Crippen LogP contribution in [0.3, 0.4) is 0 Å². The Balaban J connectivity index is 2.53. The molecule has 0 saturated carbocycles. The van der Waals surface area contributed by atoms with Crippen molar-refractivity contribution in [3.05, 3.63) is 11.9 Å². The fourth-order valence-electron chi connectivity index (χ4n) is 1.62. The molecule has 0 spiro atoms. The Kier molecular flexibility index (Phi) is 2.18. The number of aromatic nitrogens is 5. The van der Waals surface area contributed by atoms with Crippen LogP contribution in [0.15, 0.2) is 6.07 Å². The van der Waals surface area contributed by atoms with Gasteiger partial charge >= 0.3 is 0 Å². The maximum absolute atomic E-state index is 5.55. The summed E-state index contributed by atoms with van der Waals surface area (Å²) in [6, 6.07) is 2.06. The number of hydrogen-bond donors (Lipinski definition) is 2. The lowest BCUT2D eigenvalue weighted by Gasteiger charge is -2.10. The van der Waals surface area contributed by atoms with Gasteiger partial charge < -0.3 is 10.3 Å². The van der Waals surface area contributed by atoms with Crippen LogP contribution in [0.5, 0.6) is 0 Å². The monoisotopic (exact) mass is 206 g/mol. The van der Waals surface area contributed by atoms with Gasteiger partial charge in [-0.05, 0) is 20.8 Å². The highest BCUT2D eigenvalue weighted by molar-refractivity contribution is 5.54. The number of anilines is 1. The Bertz CT molecular complexity index is 467. The molecule has 2 rings (SSSR count). The first-order chi connectivity index (χ1) is 7.09. The average Bonchev–Trinajstić information content (AvgIpc) is 2.71. The molecule has 0 saturated heterocycles. The number of nitrogens with two attached hydrogens (primary N) is 1. The molecule has 0 bridgehead atoms. The fourth-order valence-corrected chi connectivity index (χ4v) is 1.62. The highest BCUT2D eigenvalue weighted by atomic mass is 15.3. The summed E-state index contributed by atoms with van der Waals surface area (Å²) in [5.41, 5.74) is 6.34. The van der Waals surface area contributed by atoms with Gasteiger partial charge in [0.1, 0.15) is 17.3 Å². The molecule has 2 aromatic heterocycles. The number of nitrogens with one attached hydrogen (secondary N) is 1. The Morgan fingerprint density at radius 2 is 2.13 bits per heavy atom. The molecule has 0 radical (unpaired) electrons. The largest absolute Gasteiger partial charge is 0.382 e. The van der Waals surface area contributed by atoms with Crippen LogP contribution < -0.4 is 5.73 Å². The van der Waals surface area contributed by atoms with Crippen LogP contribution in [0.2, 0.25) is 0 Å². The van der Waals surface area contributed by atoms with E-state index in [0.717, 1.165) is 17.3 Å². The fraction of sp³-hybridized carbons (Fsp3) is 0.444. The number of nitrogens with zero attached hydrogens (tertiary/aromatic N) is 4. The van der Waals surface area contributed by atoms with E-state index in [1.54, 1.807) is 6.07 Å². The van der Waals surface area contributed by atoms with Crippen molar-refractivity contribution in [2.75, 3.05) is 5.73 Å². The van der Waals surface area contributed by atoms with Crippen molar-refractivity contribution < 1.29 is 0 Å². The number of aryl methyl sites for hydroxylation is 1. The van der Waals surface area contributed by atoms with E-state index >= 15 is 0 Å². The van der Waals surface area contributed by atoms with E-state index in [-0.39, 0.29) is 0 Å². The van der Waals surface area contributed by atoms with Crippen molar-refractivity contribution in [1.29, 1.82) is 0 Å². The van der Waals surface area contributed by atoms with E-state index in [1.165, 1.54) is 0 Å². The summed E-state index contributed by atoms with van der Waals surface area (Å²) in [5, 5.41) is 14.9. The number of nitrogen functional groups attached to an aromatic ring is 1. The Morgan fingerprint density at radius 3 is 2.67 bits per heavy atom. The summed E-state index contributed by atoms with van der Waals surface area (Å²) < 4.78 is 2.03. The van der Waals surface area contributed by atoms with E-state index in [1.807, 2.05) is 11.5 Å². The van der Waals surface area contributed by atoms with Crippen molar-refractivity contribution in [2.24, 2.45) is 0 Å². The van der Waals surface area contributed by atoms with E-state index in [0.29, 0.717) is 11.9 Å². The number of hydrogen-bond acceptors (Lipinski definition) is 4. The molecular formula is C9H14N6. The lowest BCUT2D eigenvalue weighted by Crippen LogP contribution is -2.05. The second-order valence-electron chi connectivity index (χ2n) is 3.74. The smallest absolute Gasteiger partial charge is 0.182 e. The second kappa shape index (κ2) is 3.38. The standard InChI is InChI=1S/C9H14N6/c1-5(2)15-6(3)11-14-9(15)7-4-8(10)13-12-7/h4-5H,1-3H3,(H3,10,12,13). The topological polar surface area (TPSA) is 85.4 Å². The molecule has 2 heterocycles. The Hall–Kier alpha value is -1.85. The molecule has 0 aliphatic carbocycles.